The van der Waals surface area contributed by atoms with Crippen LogP contribution < -0.4 is 16.4 Å². The Kier molecular flexibility index (Phi) is 11.6. The predicted octanol–water partition coefficient (Wildman–Crippen LogP) is 1.58. The Hall–Kier alpha value is -4.45. The fourth-order valence-electron chi connectivity index (χ4n) is 4.70. The number of benzene rings is 2. The van der Waals surface area contributed by atoms with E-state index in [1.165, 1.54) is 4.90 Å². The third-order valence-electron chi connectivity index (χ3n) is 6.70. The number of carbonyl (C=O) groups is 5. The molecule has 1 aliphatic heterocycles. The minimum Gasteiger partial charge on any atom is -0.458 e. The van der Waals surface area contributed by atoms with Crippen LogP contribution in [0.15, 0.2) is 60.7 Å². The Balaban J connectivity index is 1.76. The van der Waals surface area contributed by atoms with Crippen molar-refractivity contribution in [2.45, 2.75) is 82.9 Å². The fourth-order valence-corrected chi connectivity index (χ4v) is 4.70. The summed E-state index contributed by atoms with van der Waals surface area (Å²) in [6, 6.07) is 14.2. The molecule has 1 fully saturated rings. The third kappa shape index (κ3) is 10.4. The van der Waals surface area contributed by atoms with Crippen molar-refractivity contribution in [2.24, 2.45) is 5.73 Å². The van der Waals surface area contributed by atoms with Crippen LogP contribution in [0, 0.1) is 0 Å². The summed E-state index contributed by atoms with van der Waals surface area (Å²) in [6.07, 6.45) is -2.33. The lowest BCUT2D eigenvalue weighted by molar-refractivity contribution is -0.165. The highest BCUT2D eigenvalue weighted by Crippen LogP contribution is 2.23. The molecule has 4 amide bonds. The summed E-state index contributed by atoms with van der Waals surface area (Å²) in [5.74, 6) is -3.05. The van der Waals surface area contributed by atoms with Crippen molar-refractivity contribution in [1.82, 2.24) is 15.5 Å². The second-order valence-electron chi connectivity index (χ2n) is 11.4. The Morgan fingerprint density at radius 1 is 0.977 bits per heavy atom. The van der Waals surface area contributed by atoms with Crippen LogP contribution in [0.4, 0.5) is 4.79 Å². The highest BCUT2D eigenvalue weighted by molar-refractivity contribution is 5.92. The first-order valence-corrected chi connectivity index (χ1v) is 14.2. The molecule has 1 heterocycles. The Bertz CT molecular complexity index is 1270. The number of hydrogen-bond donors (Lipinski definition) is 4. The number of aliphatic hydroxyl groups is 1. The molecule has 0 spiro atoms. The van der Waals surface area contributed by atoms with Gasteiger partial charge in [-0.15, -0.1) is 0 Å². The lowest BCUT2D eigenvalue weighted by Crippen LogP contribution is -2.58. The first kappa shape index (κ1) is 33.1. The maximum Gasteiger partial charge on any atom is 0.408 e. The lowest BCUT2D eigenvalue weighted by atomic mass is 9.99. The number of hydrogen-bond acceptors (Lipinski definition) is 8. The molecule has 0 aliphatic carbocycles. The first-order valence-electron chi connectivity index (χ1n) is 14.2. The largest absolute Gasteiger partial charge is 0.458 e. The van der Waals surface area contributed by atoms with Gasteiger partial charge in [-0.1, -0.05) is 60.7 Å². The number of carbonyl (C=O) groups excluding carboxylic acids is 5. The monoisotopic (exact) mass is 596 g/mol. The molecule has 2 aromatic rings. The van der Waals surface area contributed by atoms with Gasteiger partial charge in [0.15, 0.2) is 6.10 Å². The maximum atomic E-state index is 13.5. The number of ether oxygens (including phenoxy) is 2. The Morgan fingerprint density at radius 3 is 2.16 bits per heavy atom. The van der Waals surface area contributed by atoms with Crippen molar-refractivity contribution in [1.29, 1.82) is 0 Å². The normalized spacial score (nSPS) is 16.8. The fraction of sp³-hybridized carbons (Fsp3) is 0.452. The van der Waals surface area contributed by atoms with Crippen LogP contribution >= 0.6 is 0 Å². The SMILES string of the molecule is CC(C)(C)OC(=O)[C@@H]1CCCN1C(=O)C(O)C(Cc1ccccc1)NC(=O)[C@H](CC(N)=O)NC(=O)OCc1ccccc1. The van der Waals surface area contributed by atoms with Gasteiger partial charge in [0, 0.05) is 6.54 Å². The van der Waals surface area contributed by atoms with Crippen LogP contribution in [0.25, 0.3) is 0 Å². The van der Waals surface area contributed by atoms with E-state index in [-0.39, 0.29) is 19.6 Å². The van der Waals surface area contributed by atoms with Gasteiger partial charge in [0.05, 0.1) is 12.5 Å². The van der Waals surface area contributed by atoms with E-state index in [0.717, 1.165) is 0 Å². The number of rotatable bonds is 12. The van der Waals surface area contributed by atoms with Crippen molar-refractivity contribution < 1.29 is 38.6 Å². The average molecular weight is 597 g/mol. The van der Waals surface area contributed by atoms with Crippen molar-refractivity contribution in [3.05, 3.63) is 71.8 Å². The van der Waals surface area contributed by atoms with Crippen LogP contribution in [-0.4, -0.2) is 76.2 Å². The standard InChI is InChI=1S/C31H40N4O8/c1-31(2,3)43-29(40)24-15-10-16-35(24)28(39)26(37)22(17-20-11-6-4-7-12-20)33-27(38)23(18-25(32)36)34-30(41)42-19-21-13-8-5-9-14-21/h4-9,11-14,22-24,26,37H,10,15-19H2,1-3H3,(H2,32,36)(H,33,38)(H,34,41)/t22?,23-,24-,26?/m0/s1. The van der Waals surface area contributed by atoms with Crippen molar-refractivity contribution >= 4 is 29.8 Å². The summed E-state index contributed by atoms with van der Waals surface area (Å²) < 4.78 is 10.7. The summed E-state index contributed by atoms with van der Waals surface area (Å²) in [6.45, 7) is 5.32. The number of nitrogens with zero attached hydrogens (tertiary/aromatic N) is 1. The van der Waals surface area contributed by atoms with E-state index in [1.807, 2.05) is 6.07 Å². The highest BCUT2D eigenvalue weighted by atomic mass is 16.6. The summed E-state index contributed by atoms with van der Waals surface area (Å²) in [7, 11) is 0. The second kappa shape index (κ2) is 15.1. The van der Waals surface area contributed by atoms with E-state index in [1.54, 1.807) is 75.4 Å². The van der Waals surface area contributed by atoms with Crippen LogP contribution in [0.2, 0.25) is 0 Å². The molecule has 0 radical (unpaired) electrons. The van der Waals surface area contributed by atoms with Crippen molar-refractivity contribution in [2.75, 3.05) is 6.54 Å². The third-order valence-corrected chi connectivity index (χ3v) is 6.70. The molecule has 1 aliphatic rings. The molecule has 2 aromatic carbocycles. The number of likely N-dealkylation sites (tertiary alicyclic amines) is 1. The summed E-state index contributed by atoms with van der Waals surface area (Å²) >= 11 is 0. The number of esters is 1. The molecule has 0 aromatic heterocycles. The summed E-state index contributed by atoms with van der Waals surface area (Å²) in [4.78, 5) is 65.2. The number of aliphatic hydroxyl groups excluding tert-OH is 1. The first-order chi connectivity index (χ1) is 20.3. The molecule has 4 atom stereocenters. The number of alkyl carbamates (subject to hydrolysis) is 1. The predicted molar refractivity (Wildman–Crippen MR) is 156 cm³/mol. The van der Waals surface area contributed by atoms with Crippen molar-refractivity contribution in [3.63, 3.8) is 0 Å². The van der Waals surface area contributed by atoms with E-state index in [4.69, 9.17) is 15.2 Å². The molecule has 2 unspecified atom stereocenters. The molecule has 12 heteroatoms. The smallest absolute Gasteiger partial charge is 0.408 e. The van der Waals surface area contributed by atoms with Gasteiger partial charge in [0.1, 0.15) is 24.3 Å². The molecule has 0 bridgehead atoms. The molecule has 12 nitrogen and oxygen atoms in total. The van der Waals surface area contributed by atoms with E-state index in [9.17, 15) is 29.1 Å². The van der Waals surface area contributed by atoms with E-state index >= 15 is 0 Å². The maximum absolute atomic E-state index is 13.5. The zero-order chi connectivity index (χ0) is 31.6. The quantitative estimate of drug-likeness (QED) is 0.267. The van der Waals surface area contributed by atoms with Gasteiger partial charge < -0.3 is 35.8 Å². The van der Waals surface area contributed by atoms with Gasteiger partial charge in [0.2, 0.25) is 11.8 Å². The van der Waals surface area contributed by atoms with Crippen LogP contribution in [0.1, 0.15) is 51.2 Å². The minimum atomic E-state index is -1.76. The number of primary amides is 1. The molecular weight excluding hydrogens is 556 g/mol. The van der Waals surface area contributed by atoms with Gasteiger partial charge in [-0.2, -0.15) is 0 Å². The molecule has 5 N–H and O–H groups in total. The molecule has 1 saturated heterocycles. The zero-order valence-electron chi connectivity index (χ0n) is 24.7. The molecule has 3 rings (SSSR count). The Morgan fingerprint density at radius 2 is 1.58 bits per heavy atom. The highest BCUT2D eigenvalue weighted by Gasteiger charge is 2.41. The minimum absolute atomic E-state index is 0.0339. The van der Waals surface area contributed by atoms with E-state index in [2.05, 4.69) is 10.6 Å². The number of amides is 4. The molecule has 0 saturated carbocycles. The zero-order valence-corrected chi connectivity index (χ0v) is 24.7. The summed E-state index contributed by atoms with van der Waals surface area (Å²) in [5.41, 5.74) is 5.99. The number of nitrogens with one attached hydrogen (secondary N) is 2. The van der Waals surface area contributed by atoms with E-state index < -0.39 is 66.0 Å². The topological polar surface area (TPSA) is 177 Å². The van der Waals surface area contributed by atoms with Gasteiger partial charge in [-0.3, -0.25) is 14.4 Å². The molecule has 232 valence electrons. The van der Waals surface area contributed by atoms with Gasteiger partial charge in [-0.25, -0.2) is 9.59 Å². The number of nitrogens with two attached hydrogens (primary N) is 1. The lowest BCUT2D eigenvalue weighted by Gasteiger charge is -2.32. The van der Waals surface area contributed by atoms with Crippen LogP contribution in [0.5, 0.6) is 0 Å². The molecule has 43 heavy (non-hydrogen) atoms. The van der Waals surface area contributed by atoms with Gasteiger partial charge in [0.25, 0.3) is 5.91 Å². The molecular formula is C31H40N4O8. The summed E-state index contributed by atoms with van der Waals surface area (Å²) in [5, 5.41) is 16.2. The Labute approximate surface area is 250 Å². The van der Waals surface area contributed by atoms with Gasteiger partial charge >= 0.3 is 12.1 Å². The second-order valence-corrected chi connectivity index (χ2v) is 11.4. The van der Waals surface area contributed by atoms with Crippen LogP contribution in [-0.2, 0) is 41.7 Å². The van der Waals surface area contributed by atoms with Gasteiger partial charge in [-0.05, 0) is 51.2 Å². The van der Waals surface area contributed by atoms with Crippen LogP contribution in [0.3, 0.4) is 0 Å². The van der Waals surface area contributed by atoms with Crippen molar-refractivity contribution in [3.8, 4) is 0 Å². The average Bonchev–Trinajstić information content (AvgIpc) is 3.45. The van der Waals surface area contributed by atoms with E-state index in [0.29, 0.717) is 24.0 Å².